The van der Waals surface area contributed by atoms with E-state index in [-0.39, 0.29) is 0 Å². The number of rotatable bonds is 6. The predicted molar refractivity (Wildman–Crippen MR) is 84.9 cm³/mol. The highest BCUT2D eigenvalue weighted by Crippen LogP contribution is 2.28. The van der Waals surface area contributed by atoms with Crippen LogP contribution in [0.5, 0.6) is 0 Å². The maximum atomic E-state index is 6.07. The molecule has 0 saturated heterocycles. The SMILES string of the molecule is CCCNC(CC)c1ccc(-c2cc(C)cc(C)c2)o1. The molecule has 2 nitrogen and oxygen atoms in total. The van der Waals surface area contributed by atoms with Gasteiger partial charge in [0.2, 0.25) is 0 Å². The van der Waals surface area contributed by atoms with Crippen LogP contribution >= 0.6 is 0 Å². The Morgan fingerprint density at radius 3 is 2.35 bits per heavy atom. The van der Waals surface area contributed by atoms with Gasteiger partial charge in [-0.05, 0) is 57.5 Å². The highest BCUT2D eigenvalue weighted by atomic mass is 16.3. The first kappa shape index (κ1) is 14.9. The molecule has 2 rings (SSSR count). The van der Waals surface area contributed by atoms with Gasteiger partial charge < -0.3 is 9.73 Å². The number of hydrogen-bond acceptors (Lipinski definition) is 2. The van der Waals surface area contributed by atoms with Gasteiger partial charge in [-0.1, -0.05) is 31.0 Å². The molecule has 0 aliphatic rings. The third-order valence-electron chi connectivity index (χ3n) is 3.53. The summed E-state index contributed by atoms with van der Waals surface area (Å²) in [7, 11) is 0. The molecule has 1 unspecified atom stereocenters. The Morgan fingerprint density at radius 2 is 1.75 bits per heavy atom. The van der Waals surface area contributed by atoms with Gasteiger partial charge in [0.15, 0.2) is 0 Å². The van der Waals surface area contributed by atoms with Crippen molar-refractivity contribution in [1.82, 2.24) is 5.32 Å². The zero-order valence-electron chi connectivity index (χ0n) is 13.0. The Hall–Kier alpha value is -1.54. The van der Waals surface area contributed by atoms with Crippen molar-refractivity contribution >= 4 is 0 Å². The van der Waals surface area contributed by atoms with Crippen molar-refractivity contribution in [2.24, 2.45) is 0 Å². The average Bonchev–Trinajstić information content (AvgIpc) is 2.88. The third kappa shape index (κ3) is 3.51. The molecule has 1 N–H and O–H groups in total. The Bertz CT molecular complexity index is 536. The van der Waals surface area contributed by atoms with Gasteiger partial charge >= 0.3 is 0 Å². The van der Waals surface area contributed by atoms with Crippen LogP contribution in [0.2, 0.25) is 0 Å². The molecule has 0 radical (unpaired) electrons. The van der Waals surface area contributed by atoms with Crippen molar-refractivity contribution in [2.45, 2.75) is 46.6 Å². The molecule has 0 saturated carbocycles. The van der Waals surface area contributed by atoms with Crippen molar-refractivity contribution in [1.29, 1.82) is 0 Å². The quantitative estimate of drug-likeness (QED) is 0.798. The van der Waals surface area contributed by atoms with Gasteiger partial charge in [0.1, 0.15) is 11.5 Å². The molecular weight excluding hydrogens is 246 g/mol. The lowest BCUT2D eigenvalue weighted by molar-refractivity contribution is 0.411. The predicted octanol–water partition coefficient (Wildman–Crippen LogP) is 5.01. The fourth-order valence-electron chi connectivity index (χ4n) is 2.58. The average molecular weight is 271 g/mol. The number of benzene rings is 1. The van der Waals surface area contributed by atoms with Crippen LogP contribution in [-0.2, 0) is 0 Å². The zero-order valence-corrected chi connectivity index (χ0v) is 13.0. The molecule has 1 aromatic carbocycles. The minimum Gasteiger partial charge on any atom is -0.459 e. The van der Waals surface area contributed by atoms with E-state index in [2.05, 4.69) is 63.3 Å². The van der Waals surface area contributed by atoms with Gasteiger partial charge in [0, 0.05) is 5.56 Å². The maximum Gasteiger partial charge on any atom is 0.134 e. The second kappa shape index (κ2) is 6.76. The number of aryl methyl sites for hydroxylation is 2. The second-order valence-corrected chi connectivity index (χ2v) is 5.49. The van der Waals surface area contributed by atoms with Crippen LogP contribution in [0.1, 0.15) is 49.6 Å². The van der Waals surface area contributed by atoms with Gasteiger partial charge in [-0.25, -0.2) is 0 Å². The van der Waals surface area contributed by atoms with Gasteiger partial charge in [0.25, 0.3) is 0 Å². The molecule has 0 aliphatic heterocycles. The van der Waals surface area contributed by atoms with Gasteiger partial charge in [-0.15, -0.1) is 0 Å². The van der Waals surface area contributed by atoms with Crippen molar-refractivity contribution in [3.8, 4) is 11.3 Å². The van der Waals surface area contributed by atoms with E-state index >= 15 is 0 Å². The molecule has 0 spiro atoms. The molecular formula is C18H25NO. The molecule has 0 fully saturated rings. The Kier molecular flexibility index (Phi) is 5.02. The van der Waals surface area contributed by atoms with Crippen molar-refractivity contribution in [3.05, 3.63) is 47.2 Å². The van der Waals surface area contributed by atoms with E-state index in [1.54, 1.807) is 0 Å². The standard InChI is InChI=1S/C18H25NO/c1-5-9-19-16(6-2)18-8-7-17(20-18)15-11-13(3)10-14(4)12-15/h7-8,10-12,16,19H,5-6,9H2,1-4H3. The normalized spacial score (nSPS) is 12.6. The van der Waals surface area contributed by atoms with Crippen molar-refractivity contribution in [2.75, 3.05) is 6.54 Å². The maximum absolute atomic E-state index is 6.07. The number of nitrogens with one attached hydrogen (secondary N) is 1. The summed E-state index contributed by atoms with van der Waals surface area (Å²) in [6.45, 7) is 9.64. The van der Waals surface area contributed by atoms with Gasteiger partial charge in [0.05, 0.1) is 6.04 Å². The van der Waals surface area contributed by atoms with Crippen LogP contribution in [0.3, 0.4) is 0 Å². The summed E-state index contributed by atoms with van der Waals surface area (Å²) in [5.74, 6) is 2.00. The highest BCUT2D eigenvalue weighted by Gasteiger charge is 2.13. The third-order valence-corrected chi connectivity index (χ3v) is 3.53. The molecule has 0 amide bonds. The minimum atomic E-state index is 0.314. The second-order valence-electron chi connectivity index (χ2n) is 5.49. The van der Waals surface area contributed by atoms with Crippen LogP contribution in [-0.4, -0.2) is 6.54 Å². The Morgan fingerprint density at radius 1 is 1.05 bits per heavy atom. The Labute approximate surface area is 122 Å². The molecule has 0 bridgehead atoms. The highest BCUT2D eigenvalue weighted by molar-refractivity contribution is 5.60. The van der Waals surface area contributed by atoms with Crippen LogP contribution < -0.4 is 5.32 Å². The van der Waals surface area contributed by atoms with E-state index < -0.39 is 0 Å². The summed E-state index contributed by atoms with van der Waals surface area (Å²) in [6.07, 6.45) is 2.18. The van der Waals surface area contributed by atoms with Gasteiger partial charge in [-0.3, -0.25) is 0 Å². The molecule has 2 aromatic rings. The zero-order chi connectivity index (χ0) is 14.5. The molecule has 1 atom stereocenters. The van der Waals surface area contributed by atoms with Crippen molar-refractivity contribution in [3.63, 3.8) is 0 Å². The first-order chi connectivity index (χ1) is 9.63. The van der Waals surface area contributed by atoms with E-state index in [0.29, 0.717) is 6.04 Å². The largest absolute Gasteiger partial charge is 0.459 e. The molecule has 1 heterocycles. The van der Waals surface area contributed by atoms with E-state index in [0.717, 1.165) is 30.9 Å². The molecule has 0 aliphatic carbocycles. The smallest absolute Gasteiger partial charge is 0.134 e. The van der Waals surface area contributed by atoms with E-state index in [9.17, 15) is 0 Å². The molecule has 20 heavy (non-hydrogen) atoms. The van der Waals surface area contributed by atoms with Gasteiger partial charge in [-0.2, -0.15) is 0 Å². The molecule has 1 aromatic heterocycles. The summed E-state index contributed by atoms with van der Waals surface area (Å²) in [4.78, 5) is 0. The minimum absolute atomic E-state index is 0.314. The fraction of sp³-hybridized carbons (Fsp3) is 0.444. The summed E-state index contributed by atoms with van der Waals surface area (Å²) in [5.41, 5.74) is 3.71. The Balaban J connectivity index is 2.23. The topological polar surface area (TPSA) is 25.2 Å². The fourth-order valence-corrected chi connectivity index (χ4v) is 2.58. The summed E-state index contributed by atoms with van der Waals surface area (Å²) >= 11 is 0. The summed E-state index contributed by atoms with van der Waals surface area (Å²) in [6, 6.07) is 11.0. The van der Waals surface area contributed by atoms with Crippen LogP contribution in [0.4, 0.5) is 0 Å². The van der Waals surface area contributed by atoms with E-state index in [1.165, 1.54) is 16.7 Å². The lowest BCUT2D eigenvalue weighted by Crippen LogP contribution is -2.20. The number of furan rings is 1. The van der Waals surface area contributed by atoms with Crippen molar-refractivity contribution < 1.29 is 4.42 Å². The first-order valence-electron chi connectivity index (χ1n) is 7.55. The molecule has 2 heteroatoms. The van der Waals surface area contributed by atoms with Crippen LogP contribution in [0, 0.1) is 13.8 Å². The summed E-state index contributed by atoms with van der Waals surface area (Å²) in [5, 5.41) is 3.53. The first-order valence-corrected chi connectivity index (χ1v) is 7.55. The van der Waals surface area contributed by atoms with E-state index in [4.69, 9.17) is 4.42 Å². The monoisotopic (exact) mass is 271 g/mol. The lowest BCUT2D eigenvalue weighted by atomic mass is 10.1. The lowest BCUT2D eigenvalue weighted by Gasteiger charge is -2.13. The number of hydrogen-bond donors (Lipinski definition) is 1. The van der Waals surface area contributed by atoms with E-state index in [1.807, 2.05) is 0 Å². The summed E-state index contributed by atoms with van der Waals surface area (Å²) < 4.78 is 6.07. The van der Waals surface area contributed by atoms with Crippen LogP contribution in [0.25, 0.3) is 11.3 Å². The molecule has 108 valence electrons. The van der Waals surface area contributed by atoms with Crippen LogP contribution in [0.15, 0.2) is 34.7 Å².